The number of rotatable bonds is 4. The van der Waals surface area contributed by atoms with Gasteiger partial charge in [-0.3, -0.25) is 10.1 Å². The third kappa shape index (κ3) is 3.53. The highest BCUT2D eigenvalue weighted by molar-refractivity contribution is 9.10. The predicted octanol–water partition coefficient (Wildman–Crippen LogP) is 4.86. The fraction of sp³-hybridized carbons (Fsp3) is 0.143. The Morgan fingerprint density at radius 2 is 2.10 bits per heavy atom. The summed E-state index contributed by atoms with van der Waals surface area (Å²) in [5.41, 5.74) is 0.481. The van der Waals surface area contributed by atoms with Gasteiger partial charge in [-0.05, 0) is 30.7 Å². The maximum absolute atomic E-state index is 11.0. The molecule has 0 spiro atoms. The van der Waals surface area contributed by atoms with E-state index in [0.29, 0.717) is 15.8 Å². The monoisotopic (exact) mass is 371 g/mol. The van der Waals surface area contributed by atoms with Gasteiger partial charge in [0.1, 0.15) is 5.75 Å². The van der Waals surface area contributed by atoms with Crippen LogP contribution in [-0.2, 0) is 0 Å². The van der Waals surface area contributed by atoms with E-state index in [-0.39, 0.29) is 16.5 Å². The number of aliphatic hydroxyl groups excluding tert-OH is 1. The van der Waals surface area contributed by atoms with Gasteiger partial charge in [-0.1, -0.05) is 39.7 Å². The smallest absolute Gasteiger partial charge is 0.313 e. The van der Waals surface area contributed by atoms with E-state index in [4.69, 9.17) is 16.3 Å². The van der Waals surface area contributed by atoms with Crippen LogP contribution in [0.25, 0.3) is 0 Å². The molecule has 2 aromatic rings. The summed E-state index contributed by atoms with van der Waals surface area (Å²) in [5.74, 6) is 0.364. The molecule has 0 fully saturated rings. The molecule has 0 aliphatic heterocycles. The van der Waals surface area contributed by atoms with Crippen molar-refractivity contribution in [2.45, 2.75) is 13.0 Å². The average molecular weight is 373 g/mol. The van der Waals surface area contributed by atoms with Crippen LogP contribution >= 0.6 is 27.5 Å². The molecule has 1 N–H and O–H groups in total. The molecule has 0 aromatic heterocycles. The molecule has 0 saturated carbocycles. The van der Waals surface area contributed by atoms with Crippen LogP contribution in [-0.4, -0.2) is 10.0 Å². The van der Waals surface area contributed by atoms with Crippen LogP contribution < -0.4 is 4.74 Å². The van der Waals surface area contributed by atoms with Crippen molar-refractivity contribution in [3.63, 3.8) is 0 Å². The van der Waals surface area contributed by atoms with Gasteiger partial charge in [-0.2, -0.15) is 0 Å². The van der Waals surface area contributed by atoms with Crippen LogP contribution in [0.1, 0.15) is 18.6 Å². The third-order valence-electron chi connectivity index (χ3n) is 2.78. The van der Waals surface area contributed by atoms with Crippen LogP contribution in [0.3, 0.4) is 0 Å². The van der Waals surface area contributed by atoms with Crippen LogP contribution in [0.4, 0.5) is 5.69 Å². The van der Waals surface area contributed by atoms with Gasteiger partial charge in [0.15, 0.2) is 0 Å². The molecule has 2 rings (SSSR count). The molecule has 0 unspecified atom stereocenters. The van der Waals surface area contributed by atoms with E-state index in [9.17, 15) is 15.2 Å². The zero-order chi connectivity index (χ0) is 15.6. The summed E-state index contributed by atoms with van der Waals surface area (Å²) in [5, 5.41) is 20.7. The van der Waals surface area contributed by atoms with Crippen molar-refractivity contribution in [3.05, 3.63) is 61.6 Å². The first-order chi connectivity index (χ1) is 9.90. The quantitative estimate of drug-likeness (QED) is 0.614. The molecule has 21 heavy (non-hydrogen) atoms. The summed E-state index contributed by atoms with van der Waals surface area (Å²) in [7, 11) is 0. The van der Waals surface area contributed by atoms with Gasteiger partial charge >= 0.3 is 5.69 Å². The predicted molar refractivity (Wildman–Crippen MR) is 83.0 cm³/mol. The Morgan fingerprint density at radius 1 is 1.38 bits per heavy atom. The lowest BCUT2D eigenvalue weighted by Gasteiger charge is -2.11. The van der Waals surface area contributed by atoms with Gasteiger partial charge in [0.25, 0.3) is 0 Å². The third-order valence-corrected chi connectivity index (χ3v) is 3.77. The fourth-order valence-electron chi connectivity index (χ4n) is 1.77. The molecule has 0 amide bonds. The van der Waals surface area contributed by atoms with Crippen molar-refractivity contribution in [1.29, 1.82) is 0 Å². The van der Waals surface area contributed by atoms with Gasteiger partial charge < -0.3 is 9.84 Å². The van der Waals surface area contributed by atoms with E-state index in [1.807, 2.05) is 0 Å². The second-order valence-corrected chi connectivity index (χ2v) is 5.57. The van der Waals surface area contributed by atoms with Crippen molar-refractivity contribution in [2.24, 2.45) is 0 Å². The van der Waals surface area contributed by atoms with Gasteiger partial charge in [0, 0.05) is 10.5 Å². The van der Waals surface area contributed by atoms with Crippen LogP contribution in [0.2, 0.25) is 5.02 Å². The number of nitrogens with zero attached hydrogens (tertiary/aromatic N) is 1. The zero-order valence-corrected chi connectivity index (χ0v) is 13.3. The first-order valence-corrected chi connectivity index (χ1v) is 7.15. The summed E-state index contributed by atoms with van der Waals surface area (Å²) in [6.07, 6.45) is -0.636. The SMILES string of the molecule is C[C@H](O)c1ccc(Oc2c(Cl)cccc2[N+](=O)[O-])cc1Br. The van der Waals surface area contributed by atoms with E-state index in [2.05, 4.69) is 15.9 Å². The molecule has 0 radical (unpaired) electrons. The summed E-state index contributed by atoms with van der Waals surface area (Å²) in [6.45, 7) is 1.64. The number of para-hydroxylation sites is 1. The van der Waals surface area contributed by atoms with Crippen LogP contribution in [0, 0.1) is 10.1 Å². The molecule has 0 bridgehead atoms. The summed E-state index contributed by atoms with van der Waals surface area (Å²) >= 11 is 9.28. The van der Waals surface area contributed by atoms with Crippen LogP contribution in [0.15, 0.2) is 40.9 Å². The van der Waals surface area contributed by atoms with Gasteiger partial charge in [-0.25, -0.2) is 0 Å². The van der Waals surface area contributed by atoms with Crippen molar-refractivity contribution in [2.75, 3.05) is 0 Å². The first kappa shape index (κ1) is 15.8. The van der Waals surface area contributed by atoms with E-state index in [1.165, 1.54) is 18.2 Å². The van der Waals surface area contributed by atoms with Gasteiger partial charge in [0.05, 0.1) is 16.0 Å². The minimum absolute atomic E-state index is 0.0131. The molecule has 2 aromatic carbocycles. The number of ether oxygens (including phenoxy) is 1. The molecule has 110 valence electrons. The summed E-state index contributed by atoms with van der Waals surface area (Å²) in [4.78, 5) is 10.4. The Morgan fingerprint density at radius 3 is 2.67 bits per heavy atom. The number of halogens is 2. The molecule has 0 aliphatic rings. The highest BCUT2D eigenvalue weighted by Crippen LogP contribution is 2.39. The highest BCUT2D eigenvalue weighted by Gasteiger charge is 2.19. The number of benzene rings is 2. The summed E-state index contributed by atoms with van der Waals surface area (Å²) in [6, 6.07) is 9.23. The lowest BCUT2D eigenvalue weighted by atomic mass is 10.1. The number of nitro groups is 1. The Labute approximate surface area is 134 Å². The number of hydrogen-bond acceptors (Lipinski definition) is 4. The molecular formula is C14H11BrClNO4. The standard InChI is InChI=1S/C14H11BrClNO4/c1-8(18)10-6-5-9(7-11(10)15)21-14-12(16)3-2-4-13(14)17(19)20/h2-8,18H,1H3/t8-/m0/s1. The van der Waals surface area contributed by atoms with Crippen molar-refractivity contribution in [1.82, 2.24) is 0 Å². The van der Waals surface area contributed by atoms with Crippen molar-refractivity contribution >= 4 is 33.2 Å². The average Bonchev–Trinajstić information content (AvgIpc) is 2.40. The molecule has 5 nitrogen and oxygen atoms in total. The topological polar surface area (TPSA) is 72.6 Å². The minimum Gasteiger partial charge on any atom is -0.448 e. The van der Waals surface area contributed by atoms with E-state index in [1.54, 1.807) is 25.1 Å². The number of hydrogen-bond donors (Lipinski definition) is 1. The maximum Gasteiger partial charge on any atom is 0.313 e. The normalized spacial score (nSPS) is 12.0. The van der Waals surface area contributed by atoms with E-state index in [0.717, 1.165) is 0 Å². The van der Waals surface area contributed by atoms with Crippen molar-refractivity contribution < 1.29 is 14.8 Å². The minimum atomic E-state index is -0.636. The van der Waals surface area contributed by atoms with E-state index >= 15 is 0 Å². The molecule has 1 atom stereocenters. The zero-order valence-electron chi connectivity index (χ0n) is 10.9. The second kappa shape index (κ2) is 6.43. The fourth-order valence-corrected chi connectivity index (χ4v) is 2.67. The van der Waals surface area contributed by atoms with Crippen LogP contribution in [0.5, 0.6) is 11.5 Å². The number of aliphatic hydroxyl groups is 1. The molecule has 0 aliphatic carbocycles. The molecule has 7 heteroatoms. The summed E-state index contributed by atoms with van der Waals surface area (Å²) < 4.78 is 6.18. The Kier molecular flexibility index (Phi) is 4.82. The second-order valence-electron chi connectivity index (χ2n) is 4.31. The first-order valence-electron chi connectivity index (χ1n) is 5.98. The largest absolute Gasteiger partial charge is 0.448 e. The number of nitro benzene ring substituents is 1. The molecule has 0 saturated heterocycles. The maximum atomic E-state index is 11.0. The Hall–Kier alpha value is -1.63. The molecule has 0 heterocycles. The van der Waals surface area contributed by atoms with Gasteiger partial charge in [0.2, 0.25) is 5.75 Å². The van der Waals surface area contributed by atoms with Crippen molar-refractivity contribution in [3.8, 4) is 11.5 Å². The highest BCUT2D eigenvalue weighted by atomic mass is 79.9. The Bertz CT molecular complexity index is 691. The van der Waals surface area contributed by atoms with E-state index < -0.39 is 11.0 Å². The Balaban J connectivity index is 2.39. The lowest BCUT2D eigenvalue weighted by molar-refractivity contribution is -0.385. The molecular weight excluding hydrogens is 362 g/mol. The lowest BCUT2D eigenvalue weighted by Crippen LogP contribution is -1.96. The van der Waals surface area contributed by atoms with Gasteiger partial charge in [-0.15, -0.1) is 0 Å².